The van der Waals surface area contributed by atoms with Gasteiger partial charge >= 0.3 is 0 Å². The van der Waals surface area contributed by atoms with Crippen molar-refractivity contribution < 1.29 is 9.53 Å². The molecular formula is C25H38N6O2. The van der Waals surface area contributed by atoms with Gasteiger partial charge in [0.05, 0.1) is 13.2 Å². The number of benzene rings is 1. The molecule has 33 heavy (non-hydrogen) atoms. The van der Waals surface area contributed by atoms with Crippen molar-refractivity contribution in [3.63, 3.8) is 0 Å². The number of carbonyl (C=O) groups is 1. The molecule has 2 aliphatic heterocycles. The fourth-order valence-corrected chi connectivity index (χ4v) is 5.01. The SMILES string of the molecule is COc1cc(C)c(CN2CCc3nnc([C@@H](C)NC(=O)C4CCN(C)CC4)n3CC2)cc1C. The van der Waals surface area contributed by atoms with Crippen molar-refractivity contribution in [1.82, 2.24) is 29.9 Å². The van der Waals surface area contributed by atoms with E-state index in [2.05, 4.69) is 62.9 Å². The summed E-state index contributed by atoms with van der Waals surface area (Å²) in [6.45, 7) is 11.8. The molecule has 180 valence electrons. The highest BCUT2D eigenvalue weighted by Crippen LogP contribution is 2.25. The van der Waals surface area contributed by atoms with Gasteiger partial charge in [0.15, 0.2) is 5.82 Å². The van der Waals surface area contributed by atoms with Gasteiger partial charge in [-0.1, -0.05) is 6.07 Å². The molecule has 3 heterocycles. The minimum atomic E-state index is -0.142. The Morgan fingerprint density at radius 3 is 2.61 bits per heavy atom. The van der Waals surface area contributed by atoms with Gasteiger partial charge in [0.2, 0.25) is 5.91 Å². The second-order valence-electron chi connectivity index (χ2n) is 9.71. The number of fused-ring (bicyclic) bond motifs is 1. The predicted molar refractivity (Wildman–Crippen MR) is 128 cm³/mol. The third kappa shape index (κ3) is 5.38. The molecule has 1 atom stereocenters. The molecule has 1 N–H and O–H groups in total. The quantitative estimate of drug-likeness (QED) is 0.723. The van der Waals surface area contributed by atoms with Crippen molar-refractivity contribution >= 4 is 5.91 Å². The van der Waals surface area contributed by atoms with E-state index >= 15 is 0 Å². The molecule has 8 heteroatoms. The monoisotopic (exact) mass is 454 g/mol. The Kier molecular flexibility index (Phi) is 7.34. The number of hydrogen-bond acceptors (Lipinski definition) is 6. The molecule has 1 amide bonds. The van der Waals surface area contributed by atoms with Gasteiger partial charge < -0.3 is 19.5 Å². The number of nitrogens with one attached hydrogen (secondary N) is 1. The maximum absolute atomic E-state index is 12.8. The van der Waals surface area contributed by atoms with Crippen LogP contribution in [0.3, 0.4) is 0 Å². The van der Waals surface area contributed by atoms with Crippen LogP contribution in [0.15, 0.2) is 12.1 Å². The van der Waals surface area contributed by atoms with Crippen molar-refractivity contribution in [2.45, 2.75) is 59.2 Å². The number of piperidine rings is 1. The van der Waals surface area contributed by atoms with Crippen molar-refractivity contribution in [2.75, 3.05) is 40.3 Å². The summed E-state index contributed by atoms with van der Waals surface area (Å²) in [4.78, 5) is 17.6. The summed E-state index contributed by atoms with van der Waals surface area (Å²) in [6.07, 6.45) is 2.70. The van der Waals surface area contributed by atoms with Gasteiger partial charge in [0.1, 0.15) is 11.6 Å². The lowest BCUT2D eigenvalue weighted by molar-refractivity contribution is -0.127. The number of nitrogens with zero attached hydrogens (tertiary/aromatic N) is 5. The minimum Gasteiger partial charge on any atom is -0.496 e. The summed E-state index contributed by atoms with van der Waals surface area (Å²) in [5.74, 6) is 3.06. The van der Waals surface area contributed by atoms with E-state index in [9.17, 15) is 4.79 Å². The normalized spacial score (nSPS) is 19.1. The molecule has 0 saturated carbocycles. The van der Waals surface area contributed by atoms with Gasteiger partial charge in [-0.25, -0.2) is 0 Å². The van der Waals surface area contributed by atoms with Crippen molar-refractivity contribution in [3.05, 3.63) is 40.5 Å². The van der Waals surface area contributed by atoms with Crippen molar-refractivity contribution in [2.24, 2.45) is 5.92 Å². The Morgan fingerprint density at radius 1 is 1.12 bits per heavy atom. The summed E-state index contributed by atoms with van der Waals surface area (Å²) in [7, 11) is 3.84. The average Bonchev–Trinajstić information content (AvgIpc) is 3.10. The second-order valence-corrected chi connectivity index (χ2v) is 9.71. The number of amides is 1. The summed E-state index contributed by atoms with van der Waals surface area (Å²) >= 11 is 0. The molecule has 1 saturated heterocycles. The van der Waals surface area contributed by atoms with Gasteiger partial charge in [-0.15, -0.1) is 10.2 Å². The molecule has 1 aromatic heterocycles. The van der Waals surface area contributed by atoms with Gasteiger partial charge in [-0.3, -0.25) is 9.69 Å². The van der Waals surface area contributed by atoms with Crippen LogP contribution >= 0.6 is 0 Å². The van der Waals surface area contributed by atoms with E-state index in [-0.39, 0.29) is 17.9 Å². The molecular weight excluding hydrogens is 416 g/mol. The van der Waals surface area contributed by atoms with E-state index in [4.69, 9.17) is 4.74 Å². The third-order valence-electron chi connectivity index (χ3n) is 7.23. The molecule has 0 aliphatic carbocycles. The largest absolute Gasteiger partial charge is 0.496 e. The fraction of sp³-hybridized carbons (Fsp3) is 0.640. The number of hydrogen-bond donors (Lipinski definition) is 1. The van der Waals surface area contributed by atoms with E-state index in [1.807, 2.05) is 6.92 Å². The topological polar surface area (TPSA) is 75.5 Å². The van der Waals surface area contributed by atoms with Gasteiger partial charge in [0, 0.05) is 38.5 Å². The van der Waals surface area contributed by atoms with Crippen LogP contribution in [-0.2, 0) is 24.3 Å². The lowest BCUT2D eigenvalue weighted by atomic mass is 9.96. The van der Waals surface area contributed by atoms with Crippen LogP contribution in [0, 0.1) is 19.8 Å². The number of aromatic nitrogens is 3. The molecule has 2 aromatic rings. The Hall–Kier alpha value is -2.45. The van der Waals surface area contributed by atoms with E-state index in [1.165, 1.54) is 16.7 Å². The molecule has 0 spiro atoms. The third-order valence-corrected chi connectivity index (χ3v) is 7.23. The van der Waals surface area contributed by atoms with Crippen molar-refractivity contribution in [3.8, 4) is 5.75 Å². The molecule has 4 rings (SSSR count). The Labute approximate surface area is 197 Å². The number of aryl methyl sites for hydroxylation is 2. The highest BCUT2D eigenvalue weighted by molar-refractivity contribution is 5.79. The maximum atomic E-state index is 12.8. The standard InChI is InChI=1S/C25H38N6O2/c1-17-15-22(33-5)18(2)14-21(17)16-30-11-8-23-27-28-24(31(23)13-12-30)19(3)26-25(32)20-6-9-29(4)10-7-20/h14-15,19-20H,6-13,16H2,1-5H3,(H,26,32)/t19-/m1/s1. The summed E-state index contributed by atoms with van der Waals surface area (Å²) in [6, 6.07) is 4.23. The van der Waals surface area contributed by atoms with E-state index in [1.54, 1.807) is 7.11 Å². The van der Waals surface area contributed by atoms with Crippen LogP contribution in [0.4, 0.5) is 0 Å². The number of rotatable bonds is 6. The molecule has 1 fully saturated rings. The number of ether oxygens (including phenoxy) is 1. The highest BCUT2D eigenvalue weighted by atomic mass is 16.5. The second kappa shape index (κ2) is 10.2. The fourth-order valence-electron chi connectivity index (χ4n) is 5.01. The van der Waals surface area contributed by atoms with E-state index in [0.29, 0.717) is 0 Å². The number of carbonyl (C=O) groups excluding carboxylic acids is 1. The lowest BCUT2D eigenvalue weighted by Crippen LogP contribution is -2.40. The van der Waals surface area contributed by atoms with Crippen LogP contribution in [0.2, 0.25) is 0 Å². The molecule has 8 nitrogen and oxygen atoms in total. The first-order valence-corrected chi connectivity index (χ1v) is 12.1. The zero-order chi connectivity index (χ0) is 23.5. The minimum absolute atomic E-state index is 0.0989. The summed E-state index contributed by atoms with van der Waals surface area (Å²) in [5.41, 5.74) is 3.76. The lowest BCUT2D eigenvalue weighted by Gasteiger charge is -2.29. The van der Waals surface area contributed by atoms with Gasteiger partial charge in [-0.05, 0) is 76.5 Å². The van der Waals surface area contributed by atoms with Crippen LogP contribution in [-0.4, -0.2) is 70.8 Å². The van der Waals surface area contributed by atoms with Gasteiger partial charge in [-0.2, -0.15) is 0 Å². The zero-order valence-electron chi connectivity index (χ0n) is 20.7. The Morgan fingerprint density at radius 2 is 1.88 bits per heavy atom. The van der Waals surface area contributed by atoms with Crippen molar-refractivity contribution in [1.29, 1.82) is 0 Å². The highest BCUT2D eigenvalue weighted by Gasteiger charge is 2.27. The molecule has 0 bridgehead atoms. The van der Waals surface area contributed by atoms with Crippen LogP contribution < -0.4 is 10.1 Å². The summed E-state index contributed by atoms with van der Waals surface area (Å²) in [5, 5.41) is 12.1. The van der Waals surface area contributed by atoms with E-state index < -0.39 is 0 Å². The molecule has 1 aromatic carbocycles. The average molecular weight is 455 g/mol. The Balaban J connectivity index is 1.38. The Bertz CT molecular complexity index is 980. The molecule has 2 aliphatic rings. The van der Waals surface area contributed by atoms with E-state index in [0.717, 1.165) is 75.9 Å². The smallest absolute Gasteiger partial charge is 0.223 e. The molecule has 0 radical (unpaired) electrons. The first-order chi connectivity index (χ1) is 15.9. The first-order valence-electron chi connectivity index (χ1n) is 12.1. The number of methoxy groups -OCH3 is 1. The maximum Gasteiger partial charge on any atom is 0.223 e. The van der Waals surface area contributed by atoms with Gasteiger partial charge in [0.25, 0.3) is 0 Å². The van der Waals surface area contributed by atoms with Crippen LogP contribution in [0.5, 0.6) is 5.75 Å². The van der Waals surface area contributed by atoms with Crippen LogP contribution in [0.1, 0.15) is 54.1 Å². The predicted octanol–water partition coefficient (Wildman–Crippen LogP) is 2.48. The summed E-state index contributed by atoms with van der Waals surface area (Å²) < 4.78 is 7.68. The zero-order valence-corrected chi connectivity index (χ0v) is 20.7. The number of likely N-dealkylation sites (tertiary alicyclic amines) is 1. The van der Waals surface area contributed by atoms with Crippen LogP contribution in [0.25, 0.3) is 0 Å². The molecule has 0 unspecified atom stereocenters. The first kappa shape index (κ1) is 23.7.